The number of unbranched alkanes of at least 4 members (excludes halogenated alkanes) is 2. The predicted octanol–water partition coefficient (Wildman–Crippen LogP) is 7.18. The minimum Gasteiger partial charge on any atom is -0.504 e. The van der Waals surface area contributed by atoms with Gasteiger partial charge < -0.3 is 30.5 Å². The summed E-state index contributed by atoms with van der Waals surface area (Å²) in [6, 6.07) is 19.2. The Morgan fingerprint density at radius 1 is 0.941 bits per heavy atom. The molecule has 2 fully saturated rings. The molecule has 1 saturated heterocycles. The Bertz CT molecular complexity index is 1780. The molecule has 270 valence electrons. The largest absolute Gasteiger partial charge is 0.504 e. The van der Waals surface area contributed by atoms with E-state index in [2.05, 4.69) is 36.2 Å². The van der Waals surface area contributed by atoms with E-state index >= 15 is 0 Å². The molecule has 1 saturated carbocycles. The van der Waals surface area contributed by atoms with E-state index in [1.807, 2.05) is 30.3 Å². The first kappa shape index (κ1) is 35.4. The van der Waals surface area contributed by atoms with E-state index in [1.54, 1.807) is 18.2 Å². The smallest absolute Gasteiger partial charge is 0.160 e. The molecule has 0 amide bonds. The number of nitrogens with one attached hydrogen (secondary N) is 1. The van der Waals surface area contributed by atoms with Crippen molar-refractivity contribution < 1.29 is 30.0 Å². The van der Waals surface area contributed by atoms with Crippen molar-refractivity contribution in [2.45, 2.75) is 101 Å². The highest BCUT2D eigenvalue weighted by Crippen LogP contribution is 2.60. The van der Waals surface area contributed by atoms with E-state index in [1.165, 1.54) is 7.11 Å². The first-order chi connectivity index (χ1) is 24.8. The van der Waals surface area contributed by atoms with Gasteiger partial charge in [0.25, 0.3) is 0 Å². The fourth-order valence-electron chi connectivity index (χ4n) is 10.6. The van der Waals surface area contributed by atoms with Gasteiger partial charge in [0.15, 0.2) is 23.0 Å². The number of rotatable bonds is 8. The normalized spacial score (nSPS) is 31.5. The number of carbonyl (C=O) groups excluding carboxylic acids is 1. The maximum Gasteiger partial charge on any atom is 0.160 e. The van der Waals surface area contributed by atoms with Gasteiger partial charge in [-0.3, -0.25) is 4.79 Å². The molecule has 7 nitrogen and oxygen atoms in total. The molecule has 3 aliphatic carbocycles. The highest BCUT2D eigenvalue weighted by Gasteiger charge is 2.62. The molecule has 7 heteroatoms. The molecule has 1 spiro atoms. The highest BCUT2D eigenvalue weighted by atomic mass is 16.5. The number of ether oxygens (including phenoxy) is 1. The summed E-state index contributed by atoms with van der Waals surface area (Å²) < 4.78 is 5.52. The standard InChI is InChI=1S/C44H53NO6/c1-3-4-6-13-33-37(47)24-34(29-18-20-36(46)40(23-29)51-2)28(21-27-10-7-5-8-11-27)15-16-31-26-45-41-14-9-12-32-19-17-30-22-38(48)39(49)25-35(30)44(32,41)42(31)43(33)50/h5,7-8,10-11,18,20,22-23,25,28,31-34,41-43,45-46,48-50H,3-4,6,9,12-14,17,19,21,24,26H2,1-2H3. The van der Waals surface area contributed by atoms with Crippen molar-refractivity contribution in [1.82, 2.24) is 5.32 Å². The van der Waals surface area contributed by atoms with Crippen molar-refractivity contribution >= 4 is 5.78 Å². The summed E-state index contributed by atoms with van der Waals surface area (Å²) in [5, 5.41) is 49.0. The second kappa shape index (κ2) is 14.9. The summed E-state index contributed by atoms with van der Waals surface area (Å²) in [7, 11) is 1.53. The third-order valence-corrected chi connectivity index (χ3v) is 12.9. The van der Waals surface area contributed by atoms with Crippen LogP contribution in [0.3, 0.4) is 0 Å². The molecular formula is C44H53NO6. The number of aryl methyl sites for hydroxylation is 1. The van der Waals surface area contributed by atoms with Gasteiger partial charge in [0.05, 0.1) is 13.2 Å². The molecule has 3 aromatic rings. The molecule has 4 aliphatic rings. The lowest BCUT2D eigenvalue weighted by atomic mass is 9.45. The Morgan fingerprint density at radius 2 is 1.75 bits per heavy atom. The van der Waals surface area contributed by atoms with Crippen molar-refractivity contribution in [1.29, 1.82) is 0 Å². The monoisotopic (exact) mass is 691 g/mol. The second-order valence-corrected chi connectivity index (χ2v) is 15.6. The molecule has 0 aromatic heterocycles. The number of hydrogen-bond acceptors (Lipinski definition) is 7. The number of fused-ring (bicyclic) bond motifs is 2. The Hall–Kier alpha value is -3.99. The zero-order valence-corrected chi connectivity index (χ0v) is 30.0. The van der Waals surface area contributed by atoms with Crippen LogP contribution in [0.1, 0.15) is 92.9 Å². The lowest BCUT2D eigenvalue weighted by Gasteiger charge is -2.62. The quantitative estimate of drug-likeness (QED) is 0.0965. The SMILES string of the molecule is CCCCCC1C(=O)CC(c2ccc(O)c(OC)c2)C(Cc2ccccc2)C#CC2CNC3CCCC4CCc5cc(O)c(O)cc5C43C2C1O. The number of piperidine rings is 1. The number of benzene rings is 3. The number of aliphatic hydroxyl groups is 1. The van der Waals surface area contributed by atoms with Crippen LogP contribution in [0.25, 0.3) is 0 Å². The van der Waals surface area contributed by atoms with E-state index in [0.717, 1.165) is 73.6 Å². The van der Waals surface area contributed by atoms with Crippen LogP contribution >= 0.6 is 0 Å². The molecule has 9 unspecified atom stereocenters. The number of ketones is 1. The van der Waals surface area contributed by atoms with E-state index in [9.17, 15) is 25.2 Å². The zero-order valence-electron chi connectivity index (χ0n) is 30.0. The summed E-state index contributed by atoms with van der Waals surface area (Å²) in [6.07, 6.45) is 8.14. The average molecular weight is 692 g/mol. The van der Waals surface area contributed by atoms with Gasteiger partial charge in [-0.15, -0.1) is 0 Å². The number of phenols is 3. The molecule has 51 heavy (non-hydrogen) atoms. The fraction of sp³-hybridized carbons (Fsp3) is 0.523. The van der Waals surface area contributed by atoms with Crippen LogP contribution in [-0.4, -0.2) is 52.0 Å². The summed E-state index contributed by atoms with van der Waals surface area (Å²) in [4.78, 5) is 15.0. The second-order valence-electron chi connectivity index (χ2n) is 15.6. The van der Waals surface area contributed by atoms with Crippen LogP contribution in [0.15, 0.2) is 60.7 Å². The molecular weight excluding hydrogens is 638 g/mol. The van der Waals surface area contributed by atoms with Crippen molar-refractivity contribution in [2.75, 3.05) is 13.7 Å². The van der Waals surface area contributed by atoms with Gasteiger partial charge in [-0.2, -0.15) is 0 Å². The maximum atomic E-state index is 15.0. The van der Waals surface area contributed by atoms with E-state index in [-0.39, 0.29) is 65.1 Å². The van der Waals surface area contributed by atoms with Gasteiger partial charge in [-0.25, -0.2) is 0 Å². The van der Waals surface area contributed by atoms with Crippen molar-refractivity contribution in [3.63, 3.8) is 0 Å². The van der Waals surface area contributed by atoms with Crippen molar-refractivity contribution in [3.8, 4) is 34.8 Å². The van der Waals surface area contributed by atoms with E-state index < -0.39 is 17.4 Å². The Balaban J connectivity index is 1.42. The van der Waals surface area contributed by atoms with Gasteiger partial charge in [-0.05, 0) is 91.0 Å². The molecule has 0 bridgehead atoms. The average Bonchev–Trinajstić information content (AvgIpc) is 3.14. The summed E-state index contributed by atoms with van der Waals surface area (Å²) in [5.41, 5.74) is 3.50. The van der Waals surface area contributed by atoms with Gasteiger partial charge >= 0.3 is 0 Å². The first-order valence-corrected chi connectivity index (χ1v) is 19.2. The number of aromatic hydroxyl groups is 3. The molecule has 0 radical (unpaired) electrons. The van der Waals surface area contributed by atoms with Crippen LogP contribution in [0, 0.1) is 41.4 Å². The number of carbonyl (C=O) groups is 1. The lowest BCUT2D eigenvalue weighted by Crippen LogP contribution is -2.69. The summed E-state index contributed by atoms with van der Waals surface area (Å²) >= 11 is 0. The Kier molecular flexibility index (Phi) is 10.4. The number of methoxy groups -OCH3 is 1. The van der Waals surface area contributed by atoms with E-state index in [4.69, 9.17) is 4.74 Å². The number of hydrogen-bond donors (Lipinski definition) is 5. The predicted molar refractivity (Wildman–Crippen MR) is 198 cm³/mol. The molecule has 9 atom stereocenters. The third-order valence-electron chi connectivity index (χ3n) is 12.9. The summed E-state index contributed by atoms with van der Waals surface area (Å²) in [6.45, 7) is 2.77. The minimum atomic E-state index is -0.929. The number of Topliss-reactive ketones (excluding diaryl/α,β-unsaturated/α-hetero) is 1. The van der Waals surface area contributed by atoms with E-state index in [0.29, 0.717) is 25.1 Å². The Morgan fingerprint density at radius 3 is 2.53 bits per heavy atom. The number of aliphatic hydroxyl groups excluding tert-OH is 1. The number of phenolic OH excluding ortho intramolecular Hbond substituents is 3. The zero-order chi connectivity index (χ0) is 35.7. The summed E-state index contributed by atoms with van der Waals surface area (Å²) in [5.74, 6) is 6.32. The molecule has 7 rings (SSSR count). The van der Waals surface area contributed by atoms with Gasteiger partial charge in [0.2, 0.25) is 0 Å². The lowest BCUT2D eigenvalue weighted by molar-refractivity contribution is -0.135. The molecule has 5 N–H and O–H groups in total. The van der Waals surface area contributed by atoms with Crippen molar-refractivity contribution in [3.05, 3.63) is 82.9 Å². The third kappa shape index (κ3) is 6.51. The van der Waals surface area contributed by atoms with Crippen LogP contribution in [-0.2, 0) is 23.1 Å². The minimum absolute atomic E-state index is 0.0464. The fourth-order valence-corrected chi connectivity index (χ4v) is 10.6. The molecule has 1 heterocycles. The maximum absolute atomic E-state index is 15.0. The molecule has 1 aliphatic heterocycles. The topological polar surface area (TPSA) is 119 Å². The van der Waals surface area contributed by atoms with Gasteiger partial charge in [-0.1, -0.05) is 80.8 Å². The molecule has 3 aromatic carbocycles. The van der Waals surface area contributed by atoms with Crippen molar-refractivity contribution in [2.24, 2.45) is 29.6 Å². The van der Waals surface area contributed by atoms with Crippen LogP contribution in [0.5, 0.6) is 23.0 Å². The van der Waals surface area contributed by atoms with Gasteiger partial charge in [0, 0.05) is 54.0 Å². The first-order valence-electron chi connectivity index (χ1n) is 19.2. The van der Waals surface area contributed by atoms with Crippen LogP contribution in [0.2, 0.25) is 0 Å². The Labute approximate surface area is 302 Å². The highest BCUT2D eigenvalue weighted by molar-refractivity contribution is 5.83. The van der Waals surface area contributed by atoms with Crippen LogP contribution < -0.4 is 10.1 Å². The van der Waals surface area contributed by atoms with Crippen LogP contribution in [0.4, 0.5) is 0 Å². The van der Waals surface area contributed by atoms with Gasteiger partial charge in [0.1, 0.15) is 5.78 Å².